The van der Waals surface area contributed by atoms with Gasteiger partial charge in [0.25, 0.3) is 0 Å². The molecular weight excluding hydrogens is 402 g/mol. The van der Waals surface area contributed by atoms with Gasteiger partial charge in [-0.25, -0.2) is 10.2 Å². The second-order valence-electron chi connectivity index (χ2n) is 7.57. The fourth-order valence-electron chi connectivity index (χ4n) is 5.37. The van der Waals surface area contributed by atoms with Crippen molar-refractivity contribution < 1.29 is 9.53 Å². The van der Waals surface area contributed by atoms with Gasteiger partial charge >= 0.3 is 5.97 Å². The van der Waals surface area contributed by atoms with Gasteiger partial charge in [-0.2, -0.15) is 0 Å². The standard InChI is InChI=1S/C18H22BrN3O2S/c1-3-4-11-9-17(2)14-13(22(21-17)16(20)25)15(23)24-18(11,14)10-5-7-12(19)8-6-10/h5-8,11,13-14,21H,3-4,9H2,1-2H3,(H2,20,25)/t11-,13-,14+,17+,18-/m1/s1. The number of carbonyl (C=O) groups excluding carboxylic acids is 1. The average molecular weight is 424 g/mol. The molecule has 2 aliphatic heterocycles. The highest BCUT2D eigenvalue weighted by molar-refractivity contribution is 9.10. The Morgan fingerprint density at radius 2 is 2.16 bits per heavy atom. The second kappa shape index (κ2) is 5.66. The summed E-state index contributed by atoms with van der Waals surface area (Å²) in [7, 11) is 0. The van der Waals surface area contributed by atoms with Gasteiger partial charge in [-0.3, -0.25) is 5.01 Å². The minimum absolute atomic E-state index is 0.0216. The molecular formula is C18H22BrN3O2S. The van der Waals surface area contributed by atoms with E-state index in [0.29, 0.717) is 0 Å². The fourth-order valence-corrected chi connectivity index (χ4v) is 5.79. The molecule has 0 amide bonds. The summed E-state index contributed by atoms with van der Waals surface area (Å²) >= 11 is 8.67. The van der Waals surface area contributed by atoms with Crippen LogP contribution in [0, 0.1) is 11.8 Å². The first-order chi connectivity index (χ1) is 11.8. The third-order valence-electron chi connectivity index (χ3n) is 6.08. The Morgan fingerprint density at radius 3 is 2.76 bits per heavy atom. The molecule has 2 heterocycles. The summed E-state index contributed by atoms with van der Waals surface area (Å²) in [6.07, 6.45) is 2.98. The van der Waals surface area contributed by atoms with Gasteiger partial charge in [-0.15, -0.1) is 0 Å². The molecule has 2 saturated heterocycles. The molecule has 4 rings (SSSR count). The lowest BCUT2D eigenvalue weighted by Crippen LogP contribution is -2.51. The molecule has 5 atom stereocenters. The van der Waals surface area contributed by atoms with Gasteiger partial charge in [-0.1, -0.05) is 41.4 Å². The highest BCUT2D eigenvalue weighted by Gasteiger charge is 2.75. The van der Waals surface area contributed by atoms with Gasteiger partial charge in [0.1, 0.15) is 5.60 Å². The lowest BCUT2D eigenvalue weighted by molar-refractivity contribution is -0.156. The molecule has 1 aliphatic carbocycles. The summed E-state index contributed by atoms with van der Waals surface area (Å²) < 4.78 is 7.20. The molecule has 3 N–H and O–H groups in total. The van der Waals surface area contributed by atoms with Crippen molar-refractivity contribution in [3.8, 4) is 0 Å². The van der Waals surface area contributed by atoms with Crippen LogP contribution < -0.4 is 11.2 Å². The number of hydrogen-bond acceptors (Lipinski definition) is 4. The van der Waals surface area contributed by atoms with Gasteiger partial charge in [-0.05, 0) is 49.7 Å². The molecule has 25 heavy (non-hydrogen) atoms. The lowest BCUT2D eigenvalue weighted by Gasteiger charge is -2.35. The van der Waals surface area contributed by atoms with E-state index < -0.39 is 11.6 Å². The molecule has 3 fully saturated rings. The Kier molecular flexibility index (Phi) is 3.90. The SMILES string of the molecule is CCC[C@@H]1C[C@]2(C)NN(C(N)=S)[C@H]3C(=O)O[C@@]1(c1ccc(Br)cc1)[C@@H]32. The molecule has 0 unspecified atom stereocenters. The normalized spacial score (nSPS) is 38.8. The van der Waals surface area contributed by atoms with Gasteiger partial charge in [0.15, 0.2) is 11.2 Å². The zero-order chi connectivity index (χ0) is 18.0. The molecule has 1 aromatic carbocycles. The molecule has 7 heteroatoms. The van der Waals surface area contributed by atoms with E-state index in [0.717, 1.165) is 29.3 Å². The van der Waals surface area contributed by atoms with Crippen molar-refractivity contribution in [3.63, 3.8) is 0 Å². The molecule has 0 aromatic heterocycles. The van der Waals surface area contributed by atoms with Crippen LogP contribution in [-0.2, 0) is 15.1 Å². The van der Waals surface area contributed by atoms with E-state index in [1.54, 1.807) is 5.01 Å². The molecule has 0 radical (unpaired) electrons. The molecule has 0 bridgehead atoms. The number of ether oxygens (including phenoxy) is 1. The van der Waals surface area contributed by atoms with Crippen LogP contribution in [0.1, 0.15) is 38.7 Å². The summed E-state index contributed by atoms with van der Waals surface area (Å²) in [6, 6.07) is 7.69. The van der Waals surface area contributed by atoms with E-state index >= 15 is 0 Å². The quantitative estimate of drug-likeness (QED) is 0.575. The predicted octanol–water partition coefficient (Wildman–Crippen LogP) is 2.83. The zero-order valence-electron chi connectivity index (χ0n) is 14.3. The molecule has 0 spiro atoms. The van der Waals surface area contributed by atoms with Crippen molar-refractivity contribution in [2.45, 2.75) is 50.3 Å². The maximum atomic E-state index is 12.9. The van der Waals surface area contributed by atoms with Crippen LogP contribution >= 0.6 is 28.1 Å². The number of carbonyl (C=O) groups is 1. The lowest BCUT2D eigenvalue weighted by atomic mass is 9.74. The number of esters is 1. The Hall–Kier alpha value is -1.18. The van der Waals surface area contributed by atoms with Crippen molar-refractivity contribution in [2.75, 3.05) is 0 Å². The van der Waals surface area contributed by atoms with E-state index in [2.05, 4.69) is 47.3 Å². The minimum Gasteiger partial charge on any atom is -0.452 e. The van der Waals surface area contributed by atoms with E-state index in [4.69, 9.17) is 22.7 Å². The van der Waals surface area contributed by atoms with Gasteiger partial charge in [0, 0.05) is 15.9 Å². The van der Waals surface area contributed by atoms with Crippen molar-refractivity contribution in [1.82, 2.24) is 10.4 Å². The van der Waals surface area contributed by atoms with Crippen molar-refractivity contribution in [1.29, 1.82) is 0 Å². The van der Waals surface area contributed by atoms with Gasteiger partial charge < -0.3 is 10.5 Å². The van der Waals surface area contributed by atoms with Crippen LogP contribution in [-0.4, -0.2) is 27.7 Å². The van der Waals surface area contributed by atoms with Gasteiger partial charge in [0.2, 0.25) is 0 Å². The van der Waals surface area contributed by atoms with Gasteiger partial charge in [0.05, 0.1) is 5.92 Å². The van der Waals surface area contributed by atoms with E-state index in [-0.39, 0.29) is 28.5 Å². The first-order valence-corrected chi connectivity index (χ1v) is 9.89. The second-order valence-corrected chi connectivity index (χ2v) is 8.90. The predicted molar refractivity (Wildman–Crippen MR) is 102 cm³/mol. The fraction of sp³-hybridized carbons (Fsp3) is 0.556. The summed E-state index contributed by atoms with van der Waals surface area (Å²) in [5, 5.41) is 1.83. The monoisotopic (exact) mass is 423 g/mol. The third-order valence-corrected chi connectivity index (χ3v) is 6.80. The molecule has 3 aliphatic rings. The minimum atomic E-state index is -0.625. The van der Waals surface area contributed by atoms with E-state index in [9.17, 15) is 4.79 Å². The zero-order valence-corrected chi connectivity index (χ0v) is 16.7. The Labute approximate surface area is 161 Å². The summed E-state index contributed by atoms with van der Waals surface area (Å²) in [5.41, 5.74) is 9.49. The van der Waals surface area contributed by atoms with Crippen LogP contribution in [0.2, 0.25) is 0 Å². The number of nitrogens with zero attached hydrogens (tertiary/aromatic N) is 1. The molecule has 134 valence electrons. The maximum absolute atomic E-state index is 12.9. The highest BCUT2D eigenvalue weighted by atomic mass is 79.9. The average Bonchev–Trinajstić information content (AvgIpc) is 3.11. The number of hydrazine groups is 1. The van der Waals surface area contributed by atoms with Crippen LogP contribution in [0.5, 0.6) is 0 Å². The molecule has 1 aromatic rings. The number of thiocarbonyl (C=S) groups is 1. The van der Waals surface area contributed by atoms with Crippen molar-refractivity contribution >= 4 is 39.2 Å². The number of rotatable bonds is 3. The number of hydrogen-bond donors (Lipinski definition) is 2. The number of benzene rings is 1. The van der Waals surface area contributed by atoms with E-state index in [1.807, 2.05) is 12.1 Å². The largest absolute Gasteiger partial charge is 0.452 e. The number of nitrogens with one attached hydrogen (secondary N) is 1. The van der Waals surface area contributed by atoms with Crippen LogP contribution in [0.4, 0.5) is 0 Å². The first-order valence-electron chi connectivity index (χ1n) is 8.69. The molecule has 5 nitrogen and oxygen atoms in total. The number of halogens is 1. The van der Waals surface area contributed by atoms with Crippen LogP contribution in [0.15, 0.2) is 28.7 Å². The smallest absolute Gasteiger partial charge is 0.331 e. The summed E-state index contributed by atoms with van der Waals surface area (Å²) in [4.78, 5) is 12.9. The molecule has 1 saturated carbocycles. The van der Waals surface area contributed by atoms with Crippen molar-refractivity contribution in [2.24, 2.45) is 17.6 Å². The topological polar surface area (TPSA) is 67.6 Å². The van der Waals surface area contributed by atoms with E-state index in [1.165, 1.54) is 0 Å². The Balaban J connectivity index is 1.88. The van der Waals surface area contributed by atoms with Crippen LogP contribution in [0.25, 0.3) is 0 Å². The Morgan fingerprint density at radius 1 is 1.48 bits per heavy atom. The van der Waals surface area contributed by atoms with Crippen molar-refractivity contribution in [3.05, 3.63) is 34.3 Å². The number of nitrogens with two attached hydrogens (primary N) is 1. The summed E-state index contributed by atoms with van der Waals surface area (Å²) in [5.74, 6) is 0.00749. The first kappa shape index (κ1) is 17.2. The highest BCUT2D eigenvalue weighted by Crippen LogP contribution is 2.64. The Bertz CT molecular complexity index is 742. The van der Waals surface area contributed by atoms with Crippen LogP contribution in [0.3, 0.4) is 0 Å². The summed E-state index contributed by atoms with van der Waals surface area (Å²) in [6.45, 7) is 4.34. The maximum Gasteiger partial charge on any atom is 0.331 e. The third kappa shape index (κ3) is 2.22.